The van der Waals surface area contributed by atoms with Gasteiger partial charge in [-0.05, 0) is 18.2 Å². The second-order valence-electron chi connectivity index (χ2n) is 4.54. The summed E-state index contributed by atoms with van der Waals surface area (Å²) in [7, 11) is 0. The normalized spacial score (nSPS) is 18.3. The summed E-state index contributed by atoms with van der Waals surface area (Å²) >= 11 is 1.21. The summed E-state index contributed by atoms with van der Waals surface area (Å²) < 4.78 is 40.9. The Morgan fingerprint density at radius 1 is 1.05 bits per heavy atom. The average molecular weight is 309 g/mol. The fourth-order valence-corrected chi connectivity index (χ4v) is 3.46. The highest BCUT2D eigenvalue weighted by atomic mass is 32.2. The van der Waals surface area contributed by atoms with Crippen molar-refractivity contribution >= 4 is 23.4 Å². The topological polar surface area (TPSA) is 20.3 Å². The third kappa shape index (κ3) is 2.51. The fraction of sp³-hybridized carbons (Fsp3) is 0.133. The average Bonchev–Trinajstić information content (AvgIpc) is 2.81. The Kier molecular flexibility index (Phi) is 3.63. The fourth-order valence-electron chi connectivity index (χ4n) is 2.27. The van der Waals surface area contributed by atoms with Crippen molar-refractivity contribution in [1.82, 2.24) is 0 Å². The molecule has 1 amide bonds. The molecule has 2 aromatic carbocycles. The van der Waals surface area contributed by atoms with E-state index in [0.717, 1.165) is 6.07 Å². The van der Waals surface area contributed by atoms with E-state index in [0.29, 0.717) is 11.6 Å². The van der Waals surface area contributed by atoms with Gasteiger partial charge in [0.2, 0.25) is 5.91 Å². The van der Waals surface area contributed by atoms with Crippen LogP contribution < -0.4 is 4.90 Å². The standard InChI is InChI=1S/C15H10F3NOS/c16-9-5-6-13(12(18)7-9)19-14(20)8-21-15(19)10-3-1-2-4-11(10)17/h1-7,15H,8H2/t15-/m0/s1. The maximum atomic E-state index is 13.9. The van der Waals surface area contributed by atoms with Crippen LogP contribution in [0.15, 0.2) is 42.5 Å². The van der Waals surface area contributed by atoms with Crippen molar-refractivity contribution in [2.24, 2.45) is 0 Å². The summed E-state index contributed by atoms with van der Waals surface area (Å²) in [6.45, 7) is 0. The first kappa shape index (κ1) is 14.0. The highest BCUT2D eigenvalue weighted by Crippen LogP contribution is 2.43. The molecule has 3 rings (SSSR count). The van der Waals surface area contributed by atoms with Gasteiger partial charge in [0.25, 0.3) is 0 Å². The highest BCUT2D eigenvalue weighted by molar-refractivity contribution is 8.00. The van der Waals surface area contributed by atoms with E-state index in [1.807, 2.05) is 0 Å². The Morgan fingerprint density at radius 3 is 2.52 bits per heavy atom. The number of hydrogen-bond acceptors (Lipinski definition) is 2. The van der Waals surface area contributed by atoms with Crippen molar-refractivity contribution < 1.29 is 18.0 Å². The molecule has 1 aliphatic heterocycles. The Bertz CT molecular complexity index is 707. The molecule has 108 valence electrons. The summed E-state index contributed by atoms with van der Waals surface area (Å²) in [6, 6.07) is 9.03. The Labute approximate surface area is 123 Å². The minimum Gasteiger partial charge on any atom is -0.292 e. The lowest BCUT2D eigenvalue weighted by atomic mass is 10.1. The van der Waals surface area contributed by atoms with Gasteiger partial charge in [0.15, 0.2) is 0 Å². The zero-order valence-electron chi connectivity index (χ0n) is 10.7. The minimum absolute atomic E-state index is 0.0420. The Balaban J connectivity index is 2.06. The van der Waals surface area contributed by atoms with E-state index in [4.69, 9.17) is 0 Å². The van der Waals surface area contributed by atoms with E-state index < -0.39 is 22.8 Å². The van der Waals surface area contributed by atoms with E-state index in [1.54, 1.807) is 18.2 Å². The molecule has 0 spiro atoms. The van der Waals surface area contributed by atoms with Gasteiger partial charge in [0, 0.05) is 11.6 Å². The number of rotatable bonds is 2. The number of benzene rings is 2. The van der Waals surface area contributed by atoms with Gasteiger partial charge in [-0.25, -0.2) is 13.2 Å². The van der Waals surface area contributed by atoms with Crippen molar-refractivity contribution in [2.75, 3.05) is 10.7 Å². The SMILES string of the molecule is O=C1CS[C@@H](c2ccccc2F)N1c1ccc(F)cc1F. The van der Waals surface area contributed by atoms with Crippen LogP contribution in [0.1, 0.15) is 10.9 Å². The molecule has 6 heteroatoms. The molecule has 1 aliphatic rings. The van der Waals surface area contributed by atoms with Gasteiger partial charge in [-0.2, -0.15) is 0 Å². The van der Waals surface area contributed by atoms with Gasteiger partial charge >= 0.3 is 0 Å². The van der Waals surface area contributed by atoms with Crippen LogP contribution in [0, 0.1) is 17.5 Å². The van der Waals surface area contributed by atoms with Crippen LogP contribution in [0.2, 0.25) is 0 Å². The van der Waals surface area contributed by atoms with Crippen molar-refractivity contribution in [1.29, 1.82) is 0 Å². The first-order valence-electron chi connectivity index (χ1n) is 6.21. The number of halogens is 3. The third-order valence-corrected chi connectivity index (χ3v) is 4.40. The van der Waals surface area contributed by atoms with Gasteiger partial charge in [-0.3, -0.25) is 9.69 Å². The summed E-state index contributed by atoms with van der Waals surface area (Å²) in [5.74, 6) is -2.24. The lowest BCUT2D eigenvalue weighted by Crippen LogP contribution is -2.29. The van der Waals surface area contributed by atoms with Crippen molar-refractivity contribution in [3.63, 3.8) is 0 Å². The lowest BCUT2D eigenvalue weighted by molar-refractivity contribution is -0.115. The third-order valence-electron chi connectivity index (χ3n) is 3.21. The number of anilines is 1. The smallest absolute Gasteiger partial charge is 0.238 e. The van der Waals surface area contributed by atoms with Gasteiger partial charge in [-0.15, -0.1) is 11.8 Å². The molecular weight excluding hydrogens is 299 g/mol. The van der Waals surface area contributed by atoms with Gasteiger partial charge in [0.1, 0.15) is 22.8 Å². The molecule has 2 aromatic rings. The molecule has 0 bridgehead atoms. The number of thioether (sulfide) groups is 1. The molecule has 0 aliphatic carbocycles. The van der Waals surface area contributed by atoms with Crippen LogP contribution in [0.25, 0.3) is 0 Å². The van der Waals surface area contributed by atoms with Crippen LogP contribution in [-0.2, 0) is 4.79 Å². The van der Waals surface area contributed by atoms with E-state index in [1.165, 1.54) is 28.8 Å². The molecule has 0 N–H and O–H groups in total. The first-order valence-corrected chi connectivity index (χ1v) is 7.26. The summed E-state index contributed by atoms with van der Waals surface area (Å²) in [4.78, 5) is 13.2. The van der Waals surface area contributed by atoms with Gasteiger partial charge < -0.3 is 0 Å². The van der Waals surface area contributed by atoms with Crippen LogP contribution in [0.3, 0.4) is 0 Å². The van der Waals surface area contributed by atoms with E-state index >= 15 is 0 Å². The van der Waals surface area contributed by atoms with Crippen LogP contribution >= 0.6 is 11.8 Å². The van der Waals surface area contributed by atoms with Crippen LogP contribution in [0.5, 0.6) is 0 Å². The zero-order chi connectivity index (χ0) is 15.0. The van der Waals surface area contributed by atoms with Gasteiger partial charge in [0.05, 0.1) is 11.4 Å². The lowest BCUT2D eigenvalue weighted by Gasteiger charge is -2.25. The number of hydrogen-bond donors (Lipinski definition) is 0. The molecule has 0 unspecified atom stereocenters. The van der Waals surface area contributed by atoms with Crippen molar-refractivity contribution in [2.45, 2.75) is 5.37 Å². The van der Waals surface area contributed by atoms with Crippen LogP contribution in [-0.4, -0.2) is 11.7 Å². The van der Waals surface area contributed by atoms with Gasteiger partial charge in [-0.1, -0.05) is 18.2 Å². The molecule has 2 nitrogen and oxygen atoms in total. The molecular formula is C15H10F3NOS. The van der Waals surface area contributed by atoms with E-state index in [2.05, 4.69) is 0 Å². The van der Waals surface area contributed by atoms with Crippen molar-refractivity contribution in [3.05, 3.63) is 65.5 Å². The quantitative estimate of drug-likeness (QED) is 0.839. The van der Waals surface area contributed by atoms with Crippen LogP contribution in [0.4, 0.5) is 18.9 Å². The number of nitrogens with zero attached hydrogens (tertiary/aromatic N) is 1. The zero-order valence-corrected chi connectivity index (χ0v) is 11.5. The molecule has 1 fully saturated rings. The Morgan fingerprint density at radius 2 is 1.81 bits per heavy atom. The molecule has 0 aromatic heterocycles. The summed E-state index contributed by atoms with van der Waals surface area (Å²) in [5.41, 5.74) is 0.261. The maximum Gasteiger partial charge on any atom is 0.238 e. The maximum absolute atomic E-state index is 13.9. The predicted molar refractivity (Wildman–Crippen MR) is 75.4 cm³/mol. The molecule has 1 saturated heterocycles. The van der Waals surface area contributed by atoms with E-state index in [9.17, 15) is 18.0 Å². The molecule has 21 heavy (non-hydrogen) atoms. The first-order chi connectivity index (χ1) is 10.1. The predicted octanol–water partition coefficient (Wildman–Crippen LogP) is 3.88. The molecule has 0 radical (unpaired) electrons. The Hall–Kier alpha value is -1.95. The molecule has 0 saturated carbocycles. The largest absolute Gasteiger partial charge is 0.292 e. The number of carbonyl (C=O) groups excluding carboxylic acids is 1. The summed E-state index contributed by atoms with van der Waals surface area (Å²) in [5, 5.41) is -0.654. The van der Waals surface area contributed by atoms with E-state index in [-0.39, 0.29) is 17.3 Å². The minimum atomic E-state index is -0.841. The second kappa shape index (κ2) is 5.44. The summed E-state index contributed by atoms with van der Waals surface area (Å²) in [6.07, 6.45) is 0. The number of carbonyl (C=O) groups is 1. The second-order valence-corrected chi connectivity index (χ2v) is 5.61. The molecule has 1 atom stereocenters. The highest BCUT2D eigenvalue weighted by Gasteiger charge is 2.36. The number of amides is 1. The molecule has 1 heterocycles. The monoisotopic (exact) mass is 309 g/mol. The van der Waals surface area contributed by atoms with Crippen molar-refractivity contribution in [3.8, 4) is 0 Å².